The van der Waals surface area contributed by atoms with Crippen LogP contribution < -0.4 is 0 Å². The quantitative estimate of drug-likeness (QED) is 0.679. The third kappa shape index (κ3) is 2.99. The Morgan fingerprint density at radius 1 is 1.17 bits per heavy atom. The van der Waals surface area contributed by atoms with Crippen molar-refractivity contribution in [3.05, 3.63) is 46.7 Å². The van der Waals surface area contributed by atoms with E-state index in [1.807, 2.05) is 36.0 Å². The number of hydrogen-bond acceptors (Lipinski definition) is 4. The Kier molecular flexibility index (Phi) is 4.61. The van der Waals surface area contributed by atoms with Crippen LogP contribution in [0, 0.1) is 18.8 Å². The third-order valence-corrected chi connectivity index (χ3v) is 8.88. The minimum absolute atomic E-state index is 0.193. The summed E-state index contributed by atoms with van der Waals surface area (Å²) in [7, 11) is 0. The van der Waals surface area contributed by atoms with Crippen molar-refractivity contribution in [3.8, 4) is 5.13 Å². The van der Waals surface area contributed by atoms with E-state index in [4.69, 9.17) is 4.98 Å². The maximum Gasteiger partial charge on any atom is 0.266 e. The molecule has 6 heteroatoms. The maximum absolute atomic E-state index is 13.7. The molecule has 1 amide bonds. The summed E-state index contributed by atoms with van der Waals surface area (Å²) in [5.41, 5.74) is 2.41. The molecule has 2 aromatic rings. The second-order valence-corrected chi connectivity index (χ2v) is 10.5. The molecule has 4 aliphatic rings. The minimum Gasteiger partial charge on any atom is -0.331 e. The van der Waals surface area contributed by atoms with Gasteiger partial charge in [0.05, 0.1) is 11.7 Å². The molecule has 1 aliphatic carbocycles. The van der Waals surface area contributed by atoms with E-state index >= 15 is 0 Å². The smallest absolute Gasteiger partial charge is 0.266 e. The van der Waals surface area contributed by atoms with Crippen LogP contribution in [0.25, 0.3) is 5.13 Å². The largest absolute Gasteiger partial charge is 0.331 e. The highest BCUT2D eigenvalue weighted by molar-refractivity contribution is 7.16. The van der Waals surface area contributed by atoms with Gasteiger partial charge in [0.15, 0.2) is 5.13 Å². The highest BCUT2D eigenvalue weighted by Gasteiger charge is 2.47. The monoisotopic (exact) mass is 422 g/mol. The van der Waals surface area contributed by atoms with Crippen LogP contribution in [-0.4, -0.2) is 57.0 Å². The molecular weight excluding hydrogens is 392 g/mol. The van der Waals surface area contributed by atoms with Crippen molar-refractivity contribution in [2.45, 2.75) is 57.5 Å². The molecule has 0 aromatic carbocycles. The van der Waals surface area contributed by atoms with Crippen molar-refractivity contribution in [2.24, 2.45) is 11.8 Å². The summed E-state index contributed by atoms with van der Waals surface area (Å²) in [4.78, 5) is 24.2. The molecule has 6 rings (SSSR count). The van der Waals surface area contributed by atoms with E-state index in [-0.39, 0.29) is 5.91 Å². The van der Waals surface area contributed by atoms with Gasteiger partial charge in [0.25, 0.3) is 5.91 Å². The Labute approximate surface area is 182 Å². The molecule has 3 aliphatic heterocycles. The molecule has 2 bridgehead atoms. The van der Waals surface area contributed by atoms with Crippen LogP contribution in [0.5, 0.6) is 0 Å². The highest BCUT2D eigenvalue weighted by Crippen LogP contribution is 2.45. The van der Waals surface area contributed by atoms with Gasteiger partial charge in [0, 0.05) is 31.5 Å². The number of fused-ring (bicyclic) bond motifs is 6. The van der Waals surface area contributed by atoms with Crippen LogP contribution >= 0.6 is 11.3 Å². The van der Waals surface area contributed by atoms with Crippen molar-refractivity contribution in [1.29, 1.82) is 0 Å². The molecule has 0 radical (unpaired) electrons. The van der Waals surface area contributed by atoms with E-state index < -0.39 is 0 Å². The van der Waals surface area contributed by atoms with E-state index in [9.17, 15) is 4.79 Å². The van der Waals surface area contributed by atoms with Crippen molar-refractivity contribution >= 4 is 17.2 Å². The van der Waals surface area contributed by atoms with E-state index in [1.165, 1.54) is 56.5 Å². The number of amides is 1. The van der Waals surface area contributed by atoms with Gasteiger partial charge in [-0.25, -0.2) is 4.98 Å². The zero-order valence-corrected chi connectivity index (χ0v) is 18.5. The lowest BCUT2D eigenvalue weighted by atomic mass is 9.68. The molecule has 3 fully saturated rings. The number of thiazole rings is 1. The Hall–Kier alpha value is -1.92. The minimum atomic E-state index is 0.193. The number of aryl methyl sites for hydroxylation is 1. The summed E-state index contributed by atoms with van der Waals surface area (Å²) in [5, 5.41) is 0.881. The predicted molar refractivity (Wildman–Crippen MR) is 119 cm³/mol. The van der Waals surface area contributed by atoms with Crippen LogP contribution in [0.3, 0.4) is 0 Å². The summed E-state index contributed by atoms with van der Waals surface area (Å²) < 4.78 is 2.00. The maximum atomic E-state index is 13.7. The van der Waals surface area contributed by atoms with Gasteiger partial charge in [-0.1, -0.05) is 29.4 Å². The van der Waals surface area contributed by atoms with Crippen LogP contribution in [0.1, 0.15) is 53.9 Å². The molecule has 4 atom stereocenters. The molecule has 0 N–H and O–H groups in total. The lowest BCUT2D eigenvalue weighted by Crippen LogP contribution is -2.60. The van der Waals surface area contributed by atoms with Gasteiger partial charge in [-0.2, -0.15) is 0 Å². The Morgan fingerprint density at radius 3 is 2.90 bits per heavy atom. The van der Waals surface area contributed by atoms with E-state index in [2.05, 4.69) is 15.9 Å². The van der Waals surface area contributed by atoms with Crippen LogP contribution in [0.15, 0.2) is 36.2 Å². The van der Waals surface area contributed by atoms with Crippen LogP contribution in [-0.2, 0) is 0 Å². The second-order valence-electron chi connectivity index (χ2n) is 9.51. The fraction of sp³-hybridized carbons (Fsp3) is 0.583. The average Bonchev–Trinajstić information content (AvgIpc) is 3.43. The van der Waals surface area contributed by atoms with Crippen molar-refractivity contribution in [2.75, 3.05) is 19.6 Å². The number of piperidine rings is 3. The number of likely N-dealkylation sites (tertiary alicyclic amines) is 1. The summed E-state index contributed by atoms with van der Waals surface area (Å²) in [5.74, 6) is 1.49. The Balaban J connectivity index is 1.31. The number of carbonyl (C=O) groups is 1. The van der Waals surface area contributed by atoms with E-state index in [0.717, 1.165) is 34.7 Å². The number of rotatable bonds is 2. The molecule has 5 heterocycles. The highest BCUT2D eigenvalue weighted by atomic mass is 32.1. The zero-order chi connectivity index (χ0) is 20.2. The lowest BCUT2D eigenvalue weighted by molar-refractivity contribution is 0.00159. The summed E-state index contributed by atoms with van der Waals surface area (Å²) in [6, 6.07) is 5.04. The summed E-state index contributed by atoms with van der Waals surface area (Å²) in [6.45, 7) is 5.27. The number of hydrogen-bond donors (Lipinski definition) is 0. The molecule has 2 aromatic heterocycles. The fourth-order valence-corrected chi connectivity index (χ4v) is 7.47. The van der Waals surface area contributed by atoms with Gasteiger partial charge in [0.1, 0.15) is 4.88 Å². The molecule has 0 saturated carbocycles. The van der Waals surface area contributed by atoms with Crippen LogP contribution in [0.4, 0.5) is 0 Å². The average molecular weight is 423 g/mol. The SMILES string of the molecule is Cc1nc(-n2cccc2)sc1C(=O)N1CCCC2=C[C@H]3C[C@@H](CN4CCCC[C@H]34)[C@H]21. The molecular formula is C24H30N4OS. The molecule has 5 nitrogen and oxygen atoms in total. The van der Waals surface area contributed by atoms with Crippen molar-refractivity contribution < 1.29 is 4.79 Å². The van der Waals surface area contributed by atoms with Gasteiger partial charge in [-0.05, 0) is 69.5 Å². The lowest BCUT2D eigenvalue weighted by Gasteiger charge is -2.54. The summed E-state index contributed by atoms with van der Waals surface area (Å²) in [6.07, 6.45) is 14.2. The molecule has 3 saturated heterocycles. The van der Waals surface area contributed by atoms with Crippen LogP contribution in [0.2, 0.25) is 0 Å². The van der Waals surface area contributed by atoms with Gasteiger partial charge >= 0.3 is 0 Å². The van der Waals surface area contributed by atoms with E-state index in [0.29, 0.717) is 17.9 Å². The Bertz CT molecular complexity index is 978. The first-order valence-electron chi connectivity index (χ1n) is 11.6. The van der Waals surface area contributed by atoms with Gasteiger partial charge in [-0.15, -0.1) is 0 Å². The molecule has 0 spiro atoms. The first kappa shape index (κ1) is 18.8. The second kappa shape index (κ2) is 7.34. The van der Waals surface area contributed by atoms with Gasteiger partial charge in [-0.3, -0.25) is 9.69 Å². The Morgan fingerprint density at radius 2 is 2.03 bits per heavy atom. The number of aromatic nitrogens is 2. The summed E-state index contributed by atoms with van der Waals surface area (Å²) >= 11 is 1.53. The first-order valence-corrected chi connectivity index (χ1v) is 12.4. The van der Waals surface area contributed by atoms with E-state index in [1.54, 1.807) is 5.57 Å². The van der Waals surface area contributed by atoms with Gasteiger partial charge < -0.3 is 9.47 Å². The van der Waals surface area contributed by atoms with Gasteiger partial charge in [0.2, 0.25) is 0 Å². The number of carbonyl (C=O) groups excluding carboxylic acids is 1. The zero-order valence-electron chi connectivity index (χ0n) is 17.7. The topological polar surface area (TPSA) is 41.4 Å². The number of nitrogens with zero attached hydrogens (tertiary/aromatic N) is 4. The third-order valence-electron chi connectivity index (χ3n) is 7.72. The fourth-order valence-electron chi connectivity index (χ4n) is 6.48. The predicted octanol–water partition coefficient (Wildman–Crippen LogP) is 4.28. The molecule has 158 valence electrons. The normalized spacial score (nSPS) is 31.1. The first-order chi connectivity index (χ1) is 14.7. The van der Waals surface area contributed by atoms with Crippen molar-refractivity contribution in [3.63, 3.8) is 0 Å². The standard InChI is InChI=1S/C24H30N4OS/c1-16-22(30-24(25-16)26-9-4-5-10-26)23(29)28-12-6-7-17-13-18-14-19(21(17)28)15-27-11-3-2-8-20(18)27/h4-5,9-10,13,18-21H,2-3,6-8,11-12,14-15H2,1H3/t18-,19-,20+,21-/m0/s1. The van der Waals surface area contributed by atoms with Crippen molar-refractivity contribution in [1.82, 2.24) is 19.4 Å². The molecule has 0 unspecified atom stereocenters. The molecule has 30 heavy (non-hydrogen) atoms.